The fraction of sp³-hybridized carbons (Fsp3) is 0.360. The summed E-state index contributed by atoms with van der Waals surface area (Å²) in [5.74, 6) is 1.75. The van der Waals surface area contributed by atoms with Gasteiger partial charge < -0.3 is 15.0 Å². The van der Waals surface area contributed by atoms with Gasteiger partial charge in [-0.2, -0.15) is 0 Å². The third kappa shape index (κ3) is 2.60. The van der Waals surface area contributed by atoms with Gasteiger partial charge in [-0.15, -0.1) is 10.2 Å². The molecule has 6 nitrogen and oxygen atoms in total. The summed E-state index contributed by atoms with van der Waals surface area (Å²) in [7, 11) is 0. The maximum Gasteiger partial charge on any atom is 0.162 e. The number of nitrogens with zero attached hydrogens (tertiary/aromatic N) is 3. The van der Waals surface area contributed by atoms with Crippen molar-refractivity contribution in [2.75, 3.05) is 18.5 Å². The first-order valence-electron chi connectivity index (χ1n) is 11.1. The van der Waals surface area contributed by atoms with Crippen molar-refractivity contribution in [3.8, 4) is 16.8 Å². The minimum atomic E-state index is -0.452. The third-order valence-electron chi connectivity index (χ3n) is 6.94. The predicted molar refractivity (Wildman–Crippen MR) is 123 cm³/mol. The van der Waals surface area contributed by atoms with Crippen LogP contribution in [0.5, 0.6) is 0 Å². The molecule has 0 saturated carbocycles. The van der Waals surface area contributed by atoms with Crippen LogP contribution in [0, 0.1) is 19.7 Å². The number of anilines is 1. The molecule has 164 valence electrons. The molecular weight excluding hydrogens is 405 g/mol. The van der Waals surface area contributed by atoms with Gasteiger partial charge in [0.2, 0.25) is 0 Å². The predicted octanol–water partition coefficient (Wildman–Crippen LogP) is 5.34. The van der Waals surface area contributed by atoms with Crippen LogP contribution in [0.4, 0.5) is 10.1 Å². The van der Waals surface area contributed by atoms with E-state index in [2.05, 4.69) is 37.3 Å². The zero-order chi connectivity index (χ0) is 22.2. The highest BCUT2D eigenvalue weighted by Gasteiger charge is 2.36. The molecule has 2 aromatic heterocycles. The van der Waals surface area contributed by atoms with Gasteiger partial charge in [-0.1, -0.05) is 18.2 Å². The lowest BCUT2D eigenvalue weighted by molar-refractivity contribution is 0.194. The monoisotopic (exact) mass is 431 g/mol. The first-order valence-corrected chi connectivity index (χ1v) is 11.1. The lowest BCUT2D eigenvalue weighted by atomic mass is 9.91. The Morgan fingerprint density at radius 3 is 2.84 bits per heavy atom. The fourth-order valence-electron chi connectivity index (χ4n) is 5.41. The molecule has 1 fully saturated rings. The van der Waals surface area contributed by atoms with Gasteiger partial charge in [0, 0.05) is 35.2 Å². The van der Waals surface area contributed by atoms with E-state index in [1.165, 1.54) is 5.56 Å². The molecule has 0 radical (unpaired) electrons. The van der Waals surface area contributed by atoms with Gasteiger partial charge in [-0.05, 0) is 51.3 Å². The Balaban J connectivity index is 1.60. The molecule has 7 heteroatoms. The van der Waals surface area contributed by atoms with E-state index in [-0.39, 0.29) is 5.82 Å². The van der Waals surface area contributed by atoms with Gasteiger partial charge >= 0.3 is 0 Å². The number of H-pyrrole nitrogens is 1. The van der Waals surface area contributed by atoms with Gasteiger partial charge in [0.05, 0.1) is 29.0 Å². The molecule has 1 saturated heterocycles. The standard InChI is InChI=1S/C25H26FN5O/c1-13-21(17-7-5-6-16-18(11-27-22(16)17)15-8-9-32-12-15)19(26)10-20-23(13)31-14(2)29-30-24(31)25(3,4)28-20/h5-7,10-11,15,27-28H,8-9,12H2,1-4H3. The van der Waals surface area contributed by atoms with E-state index >= 15 is 4.39 Å². The summed E-state index contributed by atoms with van der Waals surface area (Å²) in [5, 5.41) is 13.3. The van der Waals surface area contributed by atoms with Gasteiger partial charge in [-0.3, -0.25) is 4.57 Å². The average Bonchev–Trinajstić information content (AvgIpc) is 3.47. The Morgan fingerprint density at radius 1 is 1.22 bits per heavy atom. The van der Waals surface area contributed by atoms with Crippen LogP contribution < -0.4 is 5.32 Å². The van der Waals surface area contributed by atoms with Crippen molar-refractivity contribution >= 4 is 16.6 Å². The largest absolute Gasteiger partial charge is 0.381 e. The zero-order valence-electron chi connectivity index (χ0n) is 18.7. The number of aromatic amines is 1. The third-order valence-corrected chi connectivity index (χ3v) is 6.94. The van der Waals surface area contributed by atoms with Gasteiger partial charge in [0.25, 0.3) is 0 Å². The molecule has 32 heavy (non-hydrogen) atoms. The van der Waals surface area contributed by atoms with Crippen LogP contribution in [-0.4, -0.2) is 33.0 Å². The molecule has 1 atom stereocenters. The highest BCUT2D eigenvalue weighted by Crippen LogP contribution is 2.44. The molecule has 2 aromatic carbocycles. The first-order chi connectivity index (χ1) is 15.4. The minimum Gasteiger partial charge on any atom is -0.381 e. The average molecular weight is 432 g/mol. The quantitative estimate of drug-likeness (QED) is 0.450. The van der Waals surface area contributed by atoms with Crippen LogP contribution in [0.15, 0.2) is 30.5 Å². The normalized spacial score (nSPS) is 19.1. The molecular formula is C25H26FN5O. The Bertz CT molecular complexity index is 1380. The summed E-state index contributed by atoms with van der Waals surface area (Å²) >= 11 is 0. The van der Waals surface area contributed by atoms with Crippen LogP contribution in [0.2, 0.25) is 0 Å². The highest BCUT2D eigenvalue weighted by atomic mass is 19.1. The number of aromatic nitrogens is 4. The minimum absolute atomic E-state index is 0.244. The molecule has 0 aliphatic carbocycles. The maximum atomic E-state index is 15.7. The van der Waals surface area contributed by atoms with E-state index in [1.807, 2.05) is 39.8 Å². The number of ether oxygens (including phenoxy) is 1. The van der Waals surface area contributed by atoms with Crippen molar-refractivity contribution in [2.24, 2.45) is 0 Å². The molecule has 4 aromatic rings. The van der Waals surface area contributed by atoms with Gasteiger partial charge in [0.15, 0.2) is 5.82 Å². The molecule has 2 N–H and O–H groups in total. The number of para-hydroxylation sites is 1. The van der Waals surface area contributed by atoms with Crippen molar-refractivity contribution in [1.29, 1.82) is 0 Å². The SMILES string of the molecule is Cc1c(-c2cccc3c(C4CCOC4)c[nH]c23)c(F)cc2c1-n1c(C)nnc1C(C)(C)N2. The van der Waals surface area contributed by atoms with E-state index in [4.69, 9.17) is 4.74 Å². The molecule has 0 amide bonds. The van der Waals surface area contributed by atoms with Gasteiger partial charge in [0.1, 0.15) is 11.6 Å². The maximum absolute atomic E-state index is 15.7. The smallest absolute Gasteiger partial charge is 0.162 e. The van der Waals surface area contributed by atoms with Crippen molar-refractivity contribution in [2.45, 2.75) is 45.6 Å². The van der Waals surface area contributed by atoms with E-state index in [0.29, 0.717) is 11.5 Å². The fourth-order valence-corrected chi connectivity index (χ4v) is 5.41. The molecule has 2 aliphatic heterocycles. The number of halogens is 1. The van der Waals surface area contributed by atoms with Crippen LogP contribution in [0.1, 0.15) is 49.0 Å². The number of hydrogen-bond donors (Lipinski definition) is 2. The number of hydrogen-bond acceptors (Lipinski definition) is 4. The Labute approximate surface area is 185 Å². The lowest BCUT2D eigenvalue weighted by Gasteiger charge is -2.35. The van der Waals surface area contributed by atoms with Crippen molar-refractivity contribution in [3.05, 3.63) is 59.1 Å². The number of nitrogens with one attached hydrogen (secondary N) is 2. The van der Waals surface area contributed by atoms with Crippen LogP contribution in [0.3, 0.4) is 0 Å². The Morgan fingerprint density at radius 2 is 2.06 bits per heavy atom. The second-order valence-corrected chi connectivity index (χ2v) is 9.44. The summed E-state index contributed by atoms with van der Waals surface area (Å²) in [6.07, 6.45) is 3.08. The zero-order valence-corrected chi connectivity index (χ0v) is 18.7. The molecule has 1 unspecified atom stereocenters. The van der Waals surface area contributed by atoms with Gasteiger partial charge in [-0.25, -0.2) is 4.39 Å². The van der Waals surface area contributed by atoms with E-state index in [0.717, 1.165) is 64.7 Å². The van der Waals surface area contributed by atoms with Crippen molar-refractivity contribution in [3.63, 3.8) is 0 Å². The topological polar surface area (TPSA) is 67.8 Å². The van der Waals surface area contributed by atoms with E-state index < -0.39 is 5.54 Å². The van der Waals surface area contributed by atoms with E-state index in [9.17, 15) is 0 Å². The number of fused-ring (bicyclic) bond motifs is 4. The summed E-state index contributed by atoms with van der Waals surface area (Å²) in [6, 6.07) is 7.72. The molecule has 4 heterocycles. The second-order valence-electron chi connectivity index (χ2n) is 9.44. The summed E-state index contributed by atoms with van der Waals surface area (Å²) in [4.78, 5) is 3.44. The molecule has 0 bridgehead atoms. The molecule has 0 spiro atoms. The van der Waals surface area contributed by atoms with Crippen molar-refractivity contribution < 1.29 is 9.13 Å². The number of aryl methyl sites for hydroxylation is 1. The van der Waals surface area contributed by atoms with E-state index in [1.54, 1.807) is 6.07 Å². The van der Waals surface area contributed by atoms with Crippen molar-refractivity contribution in [1.82, 2.24) is 19.7 Å². The lowest BCUT2D eigenvalue weighted by Crippen LogP contribution is -2.36. The van der Waals surface area contributed by atoms with Crippen LogP contribution in [-0.2, 0) is 10.3 Å². The van der Waals surface area contributed by atoms with Crippen LogP contribution >= 0.6 is 0 Å². The number of benzene rings is 2. The summed E-state index contributed by atoms with van der Waals surface area (Å²) < 4.78 is 23.4. The molecule has 6 rings (SSSR count). The number of rotatable bonds is 2. The first kappa shape index (κ1) is 19.5. The highest BCUT2D eigenvalue weighted by molar-refractivity contribution is 5.98. The summed E-state index contributed by atoms with van der Waals surface area (Å²) in [5.41, 5.74) is 5.75. The van der Waals surface area contributed by atoms with Crippen LogP contribution in [0.25, 0.3) is 27.7 Å². The second kappa shape index (κ2) is 6.65. The molecule has 2 aliphatic rings. The Kier molecular flexibility index (Phi) is 4.05. The summed E-state index contributed by atoms with van der Waals surface area (Å²) in [6.45, 7) is 9.51. The Hall–Kier alpha value is -3.19.